The van der Waals surface area contributed by atoms with Crippen molar-refractivity contribution in [1.29, 1.82) is 0 Å². The van der Waals surface area contributed by atoms with Crippen LogP contribution < -0.4 is 9.04 Å². The van der Waals surface area contributed by atoms with Gasteiger partial charge in [-0.25, -0.2) is 8.42 Å². The first-order valence-electron chi connectivity index (χ1n) is 6.50. The van der Waals surface area contributed by atoms with Crippen molar-refractivity contribution in [3.8, 4) is 5.75 Å². The maximum Gasteiger partial charge on any atom is 0.264 e. The third-order valence-electron chi connectivity index (χ3n) is 3.34. The molecule has 2 aromatic rings. The zero-order valence-corrected chi connectivity index (χ0v) is 13.0. The van der Waals surface area contributed by atoms with Crippen molar-refractivity contribution < 1.29 is 13.2 Å². The number of rotatable bonds is 2. The largest absolute Gasteiger partial charge is 0.489 e. The normalized spacial score (nSPS) is 14.5. The van der Waals surface area contributed by atoms with Gasteiger partial charge in [0, 0.05) is 5.02 Å². The number of hydrogen-bond acceptors (Lipinski definition) is 3. The smallest absolute Gasteiger partial charge is 0.264 e. The van der Waals surface area contributed by atoms with Crippen LogP contribution in [0.5, 0.6) is 5.75 Å². The number of fused-ring (bicyclic) bond motifs is 1. The molecule has 1 aliphatic heterocycles. The highest BCUT2D eigenvalue weighted by molar-refractivity contribution is 7.92. The van der Waals surface area contributed by atoms with Gasteiger partial charge in [-0.15, -0.1) is 0 Å². The van der Waals surface area contributed by atoms with Gasteiger partial charge in [0.2, 0.25) is 0 Å². The first-order valence-corrected chi connectivity index (χ1v) is 8.32. The molecule has 1 aliphatic rings. The minimum Gasteiger partial charge on any atom is -0.489 e. The van der Waals surface area contributed by atoms with E-state index in [0.717, 1.165) is 5.56 Å². The first kappa shape index (κ1) is 14.2. The number of sulfonamides is 1. The highest BCUT2D eigenvalue weighted by Crippen LogP contribution is 2.36. The van der Waals surface area contributed by atoms with Gasteiger partial charge in [-0.05, 0) is 48.9 Å². The highest BCUT2D eigenvalue weighted by atomic mass is 35.5. The predicted molar refractivity (Wildman–Crippen MR) is 82.7 cm³/mol. The molecule has 0 N–H and O–H groups in total. The summed E-state index contributed by atoms with van der Waals surface area (Å²) in [6, 6.07) is 11.7. The van der Waals surface area contributed by atoms with E-state index in [1.54, 1.807) is 18.2 Å². The molecule has 0 atom stereocenters. The van der Waals surface area contributed by atoms with E-state index < -0.39 is 10.0 Å². The number of benzene rings is 2. The van der Waals surface area contributed by atoms with E-state index in [1.807, 2.05) is 19.1 Å². The van der Waals surface area contributed by atoms with Crippen LogP contribution in [-0.4, -0.2) is 21.6 Å². The maximum absolute atomic E-state index is 12.8. The lowest BCUT2D eigenvalue weighted by molar-refractivity contribution is 0.315. The molecular formula is C15H14ClNO3S. The molecular weight excluding hydrogens is 310 g/mol. The summed E-state index contributed by atoms with van der Waals surface area (Å²) in [4.78, 5) is 0.223. The van der Waals surface area contributed by atoms with E-state index in [1.165, 1.54) is 16.4 Å². The molecule has 2 aromatic carbocycles. The van der Waals surface area contributed by atoms with Gasteiger partial charge in [-0.2, -0.15) is 0 Å². The molecule has 0 amide bonds. The van der Waals surface area contributed by atoms with E-state index in [9.17, 15) is 8.42 Å². The molecule has 1 heterocycles. The fourth-order valence-electron chi connectivity index (χ4n) is 2.29. The predicted octanol–water partition coefficient (Wildman–Crippen LogP) is 3.24. The van der Waals surface area contributed by atoms with Crippen LogP contribution in [-0.2, 0) is 10.0 Å². The molecule has 6 heteroatoms. The lowest BCUT2D eigenvalue weighted by atomic mass is 10.2. The fourth-order valence-corrected chi connectivity index (χ4v) is 3.86. The Morgan fingerprint density at radius 3 is 2.57 bits per heavy atom. The molecule has 0 unspecified atom stereocenters. The van der Waals surface area contributed by atoms with Gasteiger partial charge in [0.1, 0.15) is 12.4 Å². The van der Waals surface area contributed by atoms with Crippen LogP contribution in [0.15, 0.2) is 47.4 Å². The summed E-state index contributed by atoms with van der Waals surface area (Å²) >= 11 is 5.82. The third-order valence-corrected chi connectivity index (χ3v) is 5.42. The first-order chi connectivity index (χ1) is 9.98. The van der Waals surface area contributed by atoms with Crippen LogP contribution in [0.2, 0.25) is 5.02 Å². The second-order valence-electron chi connectivity index (χ2n) is 4.85. The number of ether oxygens (including phenoxy) is 1. The molecule has 0 fully saturated rings. The number of hydrogen-bond donors (Lipinski definition) is 0. The monoisotopic (exact) mass is 323 g/mol. The molecule has 3 rings (SSSR count). The summed E-state index contributed by atoms with van der Waals surface area (Å²) in [6.45, 7) is 2.55. The molecule has 0 aromatic heterocycles. The van der Waals surface area contributed by atoms with Crippen molar-refractivity contribution in [2.75, 3.05) is 17.5 Å². The van der Waals surface area contributed by atoms with Crippen molar-refractivity contribution >= 4 is 27.3 Å². The quantitative estimate of drug-likeness (QED) is 0.852. The summed E-state index contributed by atoms with van der Waals surface area (Å²) in [5, 5.41) is 0.507. The Balaban J connectivity index is 2.09. The standard InChI is InChI=1S/C15H14ClNO3S/c1-11-2-7-15-14(10-11)17(8-9-20-15)21(18,19)13-5-3-12(16)4-6-13/h2-7,10H,8-9H2,1H3. The summed E-state index contributed by atoms with van der Waals surface area (Å²) in [7, 11) is -3.61. The second kappa shape index (κ2) is 5.24. The van der Waals surface area contributed by atoms with Gasteiger partial charge in [0.05, 0.1) is 17.1 Å². The van der Waals surface area contributed by atoms with Crippen LogP contribution in [0, 0.1) is 6.92 Å². The number of anilines is 1. The second-order valence-corrected chi connectivity index (χ2v) is 7.15. The third kappa shape index (κ3) is 2.59. The summed E-state index contributed by atoms with van der Waals surface area (Å²) < 4.78 is 32.5. The average molecular weight is 324 g/mol. The van der Waals surface area contributed by atoms with E-state index >= 15 is 0 Å². The van der Waals surface area contributed by atoms with Gasteiger partial charge in [0.25, 0.3) is 10.0 Å². The van der Waals surface area contributed by atoms with E-state index in [-0.39, 0.29) is 4.90 Å². The fraction of sp³-hybridized carbons (Fsp3) is 0.200. The van der Waals surface area contributed by atoms with Crippen LogP contribution in [0.25, 0.3) is 0 Å². The zero-order valence-electron chi connectivity index (χ0n) is 11.4. The Labute approximate surface area is 129 Å². The molecule has 110 valence electrons. The molecule has 0 radical (unpaired) electrons. The lowest BCUT2D eigenvalue weighted by Gasteiger charge is -2.30. The highest BCUT2D eigenvalue weighted by Gasteiger charge is 2.30. The van der Waals surface area contributed by atoms with Gasteiger partial charge in [-0.1, -0.05) is 17.7 Å². The Morgan fingerprint density at radius 2 is 1.86 bits per heavy atom. The van der Waals surface area contributed by atoms with Crippen LogP contribution in [0.3, 0.4) is 0 Å². The van der Waals surface area contributed by atoms with Crippen molar-refractivity contribution in [2.24, 2.45) is 0 Å². The van der Waals surface area contributed by atoms with Gasteiger partial charge >= 0.3 is 0 Å². The molecule has 0 spiro atoms. The maximum atomic E-state index is 12.8. The molecule has 0 aliphatic carbocycles. The van der Waals surface area contributed by atoms with Crippen molar-refractivity contribution in [3.63, 3.8) is 0 Å². The Bertz CT molecular complexity index is 772. The van der Waals surface area contributed by atoms with Crippen LogP contribution in [0.4, 0.5) is 5.69 Å². The van der Waals surface area contributed by atoms with E-state index in [0.29, 0.717) is 29.6 Å². The lowest BCUT2D eigenvalue weighted by Crippen LogP contribution is -2.37. The molecule has 0 bridgehead atoms. The van der Waals surface area contributed by atoms with Gasteiger partial charge in [0.15, 0.2) is 0 Å². The van der Waals surface area contributed by atoms with E-state index in [2.05, 4.69) is 0 Å². The summed E-state index contributed by atoms with van der Waals surface area (Å²) in [6.07, 6.45) is 0. The number of nitrogens with zero attached hydrogens (tertiary/aromatic N) is 1. The summed E-state index contributed by atoms with van der Waals surface area (Å²) in [5.41, 5.74) is 1.56. The van der Waals surface area contributed by atoms with Gasteiger partial charge < -0.3 is 4.74 Å². The Morgan fingerprint density at radius 1 is 1.14 bits per heavy atom. The topological polar surface area (TPSA) is 46.6 Å². The Hall–Kier alpha value is -1.72. The van der Waals surface area contributed by atoms with E-state index in [4.69, 9.17) is 16.3 Å². The molecule has 0 saturated heterocycles. The number of aryl methyl sites for hydroxylation is 1. The molecule has 4 nitrogen and oxygen atoms in total. The molecule has 0 saturated carbocycles. The Kier molecular flexibility index (Phi) is 3.55. The average Bonchev–Trinajstić information content (AvgIpc) is 2.47. The van der Waals surface area contributed by atoms with Crippen molar-refractivity contribution in [3.05, 3.63) is 53.1 Å². The van der Waals surface area contributed by atoms with Crippen molar-refractivity contribution in [1.82, 2.24) is 0 Å². The summed E-state index contributed by atoms with van der Waals surface area (Å²) in [5.74, 6) is 0.587. The van der Waals surface area contributed by atoms with Crippen LogP contribution >= 0.6 is 11.6 Å². The zero-order chi connectivity index (χ0) is 15.0. The SMILES string of the molecule is Cc1ccc2c(c1)N(S(=O)(=O)c1ccc(Cl)cc1)CCO2. The van der Waals surface area contributed by atoms with Crippen LogP contribution in [0.1, 0.15) is 5.56 Å². The molecule has 21 heavy (non-hydrogen) atoms. The van der Waals surface area contributed by atoms with Gasteiger partial charge in [-0.3, -0.25) is 4.31 Å². The minimum absolute atomic E-state index is 0.223. The van der Waals surface area contributed by atoms with Crippen molar-refractivity contribution in [2.45, 2.75) is 11.8 Å². The number of halogens is 1. The minimum atomic E-state index is -3.61.